The van der Waals surface area contributed by atoms with Crippen molar-refractivity contribution in [3.8, 4) is 5.75 Å². The molecule has 0 radical (unpaired) electrons. The first-order chi connectivity index (χ1) is 11.9. The van der Waals surface area contributed by atoms with Crippen LogP contribution in [0.5, 0.6) is 5.75 Å². The first-order valence-corrected chi connectivity index (χ1v) is 7.84. The van der Waals surface area contributed by atoms with E-state index in [1.165, 1.54) is 24.3 Å². The molecule has 1 unspecified atom stereocenters. The molecular formula is C16H17F3N4O2. The molecule has 9 heteroatoms. The summed E-state index contributed by atoms with van der Waals surface area (Å²) in [5, 5.41) is 9.90. The Morgan fingerprint density at radius 1 is 1.32 bits per heavy atom. The largest absolute Gasteiger partial charge is 0.573 e. The molecule has 1 aromatic heterocycles. The molecule has 2 heterocycles. The molecular weight excluding hydrogens is 337 g/mol. The van der Waals surface area contributed by atoms with E-state index in [1.54, 1.807) is 10.9 Å². The minimum Gasteiger partial charge on any atom is -0.404 e. The average molecular weight is 354 g/mol. The standard InChI is InChI=1S/C16H17F3N4O2/c17-16(18,19)25-14-6-2-1-5-12(14)21-15(24)13-7-9-23(22-13)11-4-3-8-20-10-11/h1-2,5-7,9,11,20H,3-4,8,10H2,(H,21,24). The Morgan fingerprint density at radius 2 is 2.12 bits per heavy atom. The second kappa shape index (κ2) is 7.14. The van der Waals surface area contributed by atoms with E-state index in [2.05, 4.69) is 20.5 Å². The van der Waals surface area contributed by atoms with Crippen molar-refractivity contribution in [3.05, 3.63) is 42.2 Å². The smallest absolute Gasteiger partial charge is 0.404 e. The van der Waals surface area contributed by atoms with Gasteiger partial charge in [-0.2, -0.15) is 5.10 Å². The number of hydrogen-bond donors (Lipinski definition) is 2. The highest BCUT2D eigenvalue weighted by atomic mass is 19.4. The summed E-state index contributed by atoms with van der Waals surface area (Å²) in [4.78, 5) is 12.3. The number of amides is 1. The van der Waals surface area contributed by atoms with E-state index in [1.807, 2.05) is 0 Å². The van der Waals surface area contributed by atoms with E-state index in [-0.39, 0.29) is 17.4 Å². The predicted octanol–water partition coefficient (Wildman–Crippen LogP) is 2.96. The third kappa shape index (κ3) is 4.50. The van der Waals surface area contributed by atoms with Crippen molar-refractivity contribution in [2.75, 3.05) is 18.4 Å². The number of piperidine rings is 1. The monoisotopic (exact) mass is 354 g/mol. The Hall–Kier alpha value is -2.55. The molecule has 25 heavy (non-hydrogen) atoms. The van der Waals surface area contributed by atoms with Crippen LogP contribution in [0.4, 0.5) is 18.9 Å². The van der Waals surface area contributed by atoms with Crippen LogP contribution in [0.2, 0.25) is 0 Å². The number of alkyl halides is 3. The highest BCUT2D eigenvalue weighted by Crippen LogP contribution is 2.30. The van der Waals surface area contributed by atoms with Crippen LogP contribution >= 0.6 is 0 Å². The molecule has 1 aliphatic rings. The molecule has 1 aromatic carbocycles. The van der Waals surface area contributed by atoms with Crippen LogP contribution < -0.4 is 15.4 Å². The van der Waals surface area contributed by atoms with Gasteiger partial charge in [0.2, 0.25) is 0 Å². The second-order valence-corrected chi connectivity index (χ2v) is 5.68. The fourth-order valence-corrected chi connectivity index (χ4v) is 2.69. The fraction of sp³-hybridized carbons (Fsp3) is 0.375. The molecule has 0 aliphatic carbocycles. The molecule has 134 valence electrons. The minimum absolute atomic E-state index is 0.0706. The quantitative estimate of drug-likeness (QED) is 0.886. The van der Waals surface area contributed by atoms with E-state index >= 15 is 0 Å². The number of halogens is 3. The number of aromatic nitrogens is 2. The van der Waals surface area contributed by atoms with E-state index in [0.29, 0.717) is 0 Å². The predicted molar refractivity (Wildman–Crippen MR) is 84.4 cm³/mol. The maximum absolute atomic E-state index is 12.4. The zero-order valence-electron chi connectivity index (χ0n) is 13.2. The lowest BCUT2D eigenvalue weighted by molar-refractivity contribution is -0.274. The molecule has 0 spiro atoms. The fourth-order valence-electron chi connectivity index (χ4n) is 2.69. The van der Waals surface area contributed by atoms with E-state index in [4.69, 9.17) is 0 Å². The van der Waals surface area contributed by atoms with Gasteiger partial charge in [0, 0.05) is 12.7 Å². The van der Waals surface area contributed by atoms with Crippen molar-refractivity contribution < 1.29 is 22.7 Å². The summed E-state index contributed by atoms with van der Waals surface area (Å²) in [5.41, 5.74) is 0.0612. The number of carbonyl (C=O) groups excluding carboxylic acids is 1. The third-order valence-electron chi connectivity index (χ3n) is 3.85. The van der Waals surface area contributed by atoms with Gasteiger partial charge in [0.1, 0.15) is 0 Å². The number of benzene rings is 1. The van der Waals surface area contributed by atoms with Crippen molar-refractivity contribution in [3.63, 3.8) is 0 Å². The summed E-state index contributed by atoms with van der Waals surface area (Å²) in [5.74, 6) is -1.07. The van der Waals surface area contributed by atoms with Crippen LogP contribution in [0.1, 0.15) is 29.4 Å². The van der Waals surface area contributed by atoms with Gasteiger partial charge in [0.25, 0.3) is 5.91 Å². The number of nitrogens with one attached hydrogen (secondary N) is 2. The lowest BCUT2D eigenvalue weighted by atomic mass is 10.1. The van der Waals surface area contributed by atoms with Crippen LogP contribution in [-0.4, -0.2) is 35.1 Å². The minimum atomic E-state index is -4.84. The summed E-state index contributed by atoms with van der Waals surface area (Å²) in [6, 6.07) is 7.07. The van der Waals surface area contributed by atoms with Gasteiger partial charge in [-0.05, 0) is 37.6 Å². The normalized spacial score (nSPS) is 18.0. The number of rotatable bonds is 4. The van der Waals surface area contributed by atoms with Crippen LogP contribution in [-0.2, 0) is 0 Å². The molecule has 1 atom stereocenters. The van der Waals surface area contributed by atoms with Crippen LogP contribution in [0.25, 0.3) is 0 Å². The van der Waals surface area contributed by atoms with Crippen molar-refractivity contribution in [1.82, 2.24) is 15.1 Å². The Morgan fingerprint density at radius 3 is 2.84 bits per heavy atom. The molecule has 0 saturated carbocycles. The molecule has 3 rings (SSSR count). The molecule has 1 aliphatic heterocycles. The number of hydrogen-bond acceptors (Lipinski definition) is 4. The summed E-state index contributed by atoms with van der Waals surface area (Å²) in [7, 11) is 0. The lowest BCUT2D eigenvalue weighted by Crippen LogP contribution is -2.32. The van der Waals surface area contributed by atoms with E-state index in [9.17, 15) is 18.0 Å². The highest BCUT2D eigenvalue weighted by molar-refractivity contribution is 6.03. The van der Waals surface area contributed by atoms with Gasteiger partial charge in [0.05, 0.1) is 11.7 Å². The van der Waals surface area contributed by atoms with Gasteiger partial charge in [0.15, 0.2) is 11.4 Å². The molecule has 2 aromatic rings. The summed E-state index contributed by atoms with van der Waals surface area (Å²) in [6.45, 7) is 1.73. The Balaban J connectivity index is 1.71. The summed E-state index contributed by atoms with van der Waals surface area (Å²) >= 11 is 0. The maximum Gasteiger partial charge on any atom is 0.573 e. The van der Waals surface area contributed by atoms with Crippen LogP contribution in [0.15, 0.2) is 36.5 Å². The number of para-hydroxylation sites is 2. The van der Waals surface area contributed by atoms with E-state index in [0.717, 1.165) is 32.0 Å². The van der Waals surface area contributed by atoms with Crippen molar-refractivity contribution in [2.45, 2.75) is 25.2 Å². The SMILES string of the molecule is O=C(Nc1ccccc1OC(F)(F)F)c1ccn(C2CCCNC2)n1. The van der Waals surface area contributed by atoms with Gasteiger partial charge >= 0.3 is 6.36 Å². The number of carbonyl (C=O) groups is 1. The van der Waals surface area contributed by atoms with Gasteiger partial charge in [-0.15, -0.1) is 13.2 Å². The molecule has 1 saturated heterocycles. The van der Waals surface area contributed by atoms with Gasteiger partial charge in [-0.25, -0.2) is 0 Å². The topological polar surface area (TPSA) is 68.2 Å². The van der Waals surface area contributed by atoms with Crippen molar-refractivity contribution in [1.29, 1.82) is 0 Å². The number of ether oxygens (including phenoxy) is 1. The van der Waals surface area contributed by atoms with Gasteiger partial charge in [-0.3, -0.25) is 9.48 Å². The average Bonchev–Trinajstić information content (AvgIpc) is 3.06. The molecule has 1 amide bonds. The Bertz CT molecular complexity index is 739. The molecule has 6 nitrogen and oxygen atoms in total. The van der Waals surface area contributed by atoms with Crippen LogP contribution in [0, 0.1) is 0 Å². The molecule has 0 bridgehead atoms. The number of anilines is 1. The Kier molecular flexibility index (Phi) is 4.93. The first-order valence-electron chi connectivity index (χ1n) is 7.84. The first kappa shape index (κ1) is 17.3. The van der Waals surface area contributed by atoms with Gasteiger partial charge in [-0.1, -0.05) is 12.1 Å². The third-order valence-corrected chi connectivity index (χ3v) is 3.85. The molecule has 1 fully saturated rings. The Labute approximate surface area is 142 Å². The molecule has 2 N–H and O–H groups in total. The lowest BCUT2D eigenvalue weighted by Gasteiger charge is -2.22. The van der Waals surface area contributed by atoms with Crippen LogP contribution in [0.3, 0.4) is 0 Å². The zero-order chi connectivity index (χ0) is 17.9. The summed E-state index contributed by atoms with van der Waals surface area (Å²) < 4.78 is 42.9. The highest BCUT2D eigenvalue weighted by Gasteiger charge is 2.32. The summed E-state index contributed by atoms with van der Waals surface area (Å²) in [6.07, 6.45) is -1.16. The van der Waals surface area contributed by atoms with Gasteiger partial charge < -0.3 is 15.4 Å². The maximum atomic E-state index is 12.4. The second-order valence-electron chi connectivity index (χ2n) is 5.68. The van der Waals surface area contributed by atoms with E-state index < -0.39 is 18.0 Å². The zero-order valence-corrected chi connectivity index (χ0v) is 13.2. The van der Waals surface area contributed by atoms with Crippen molar-refractivity contribution in [2.24, 2.45) is 0 Å². The number of nitrogens with zero attached hydrogens (tertiary/aromatic N) is 2. The van der Waals surface area contributed by atoms with Crippen molar-refractivity contribution >= 4 is 11.6 Å².